The maximum Gasteiger partial charge on any atom is 0.331 e. The minimum absolute atomic E-state index is 0.0341. The molecule has 0 fully saturated rings. The van der Waals surface area contributed by atoms with Crippen molar-refractivity contribution in [2.75, 3.05) is 0 Å². The Morgan fingerprint density at radius 3 is 2.31 bits per heavy atom. The molecule has 0 aliphatic rings. The van der Waals surface area contributed by atoms with E-state index in [0.717, 1.165) is 21.6 Å². The second-order valence-corrected chi connectivity index (χ2v) is 8.51. The number of aromatic nitrogens is 2. The molecule has 2 aromatic carbocycles. The molecule has 0 saturated heterocycles. The summed E-state index contributed by atoms with van der Waals surface area (Å²) in [6.45, 7) is 8.43. The molecule has 0 bridgehead atoms. The molecule has 0 radical (unpaired) electrons. The summed E-state index contributed by atoms with van der Waals surface area (Å²) >= 11 is 1.44. The minimum atomic E-state index is -0.459. The highest BCUT2D eigenvalue weighted by Gasteiger charge is 2.19. The van der Waals surface area contributed by atoms with Crippen LogP contribution in [-0.2, 0) is 18.1 Å². The van der Waals surface area contributed by atoms with E-state index in [2.05, 4.69) is 23.2 Å². The molecule has 0 spiro atoms. The van der Waals surface area contributed by atoms with Gasteiger partial charge in [-0.15, -0.1) is 0 Å². The number of hydrogen-bond acceptors (Lipinski definition) is 4. The average molecular weight is 411 g/mol. The highest BCUT2D eigenvalue weighted by Crippen LogP contribution is 2.32. The van der Waals surface area contributed by atoms with Crippen LogP contribution >= 0.6 is 11.8 Å². The zero-order valence-electron chi connectivity index (χ0n) is 17.2. The van der Waals surface area contributed by atoms with Crippen LogP contribution in [0.3, 0.4) is 0 Å². The van der Waals surface area contributed by atoms with E-state index in [1.165, 1.54) is 16.3 Å². The predicted octanol–water partition coefficient (Wildman–Crippen LogP) is 4.60. The lowest BCUT2D eigenvalue weighted by Crippen LogP contribution is -2.35. The number of aromatic amines is 1. The van der Waals surface area contributed by atoms with Crippen molar-refractivity contribution in [2.45, 2.75) is 56.9 Å². The maximum atomic E-state index is 12.6. The van der Waals surface area contributed by atoms with Gasteiger partial charge in [-0.25, -0.2) is 4.79 Å². The van der Waals surface area contributed by atoms with Crippen LogP contribution in [-0.4, -0.2) is 9.55 Å². The Bertz CT molecular complexity index is 1080. The molecule has 1 heterocycles. The molecule has 0 atom stereocenters. The smallest absolute Gasteiger partial charge is 0.331 e. The first-order valence-electron chi connectivity index (χ1n) is 9.60. The van der Waals surface area contributed by atoms with Crippen LogP contribution < -0.4 is 11.2 Å². The van der Waals surface area contributed by atoms with E-state index in [4.69, 9.17) is 4.74 Å². The normalized spacial score (nSPS) is 11.2. The lowest BCUT2D eigenvalue weighted by Gasteiger charge is -2.18. The summed E-state index contributed by atoms with van der Waals surface area (Å²) < 4.78 is 7.33. The quantitative estimate of drug-likeness (QED) is 0.578. The molecule has 0 amide bonds. The van der Waals surface area contributed by atoms with Gasteiger partial charge in [-0.1, -0.05) is 62.0 Å². The molecule has 152 valence electrons. The van der Waals surface area contributed by atoms with Gasteiger partial charge >= 0.3 is 5.69 Å². The summed E-state index contributed by atoms with van der Waals surface area (Å²) in [7, 11) is 0. The Labute approximate surface area is 174 Å². The average Bonchev–Trinajstić information content (AvgIpc) is 2.63. The second-order valence-electron chi connectivity index (χ2n) is 7.45. The summed E-state index contributed by atoms with van der Waals surface area (Å²) in [6, 6.07) is 16.0. The Morgan fingerprint density at radius 1 is 1.03 bits per heavy atom. The van der Waals surface area contributed by atoms with Crippen molar-refractivity contribution in [3.63, 3.8) is 0 Å². The molecular formula is C23H26N2O3S. The largest absolute Gasteiger partial charge is 0.356 e. The van der Waals surface area contributed by atoms with Crippen molar-refractivity contribution in [2.24, 2.45) is 0 Å². The van der Waals surface area contributed by atoms with Crippen LogP contribution in [0.1, 0.15) is 42.0 Å². The Morgan fingerprint density at radius 2 is 1.69 bits per heavy atom. The van der Waals surface area contributed by atoms with Crippen LogP contribution in [0.4, 0.5) is 0 Å². The molecule has 0 unspecified atom stereocenters. The molecular weight excluding hydrogens is 384 g/mol. The van der Waals surface area contributed by atoms with Crippen molar-refractivity contribution in [3.8, 4) is 0 Å². The number of benzene rings is 2. The SMILES string of the molecule is Cc1cc(C)cc(Sc2c(C(C)C)c(=O)[nH]c(=O)n2COCc2ccccc2)c1. The summed E-state index contributed by atoms with van der Waals surface area (Å²) in [4.78, 5) is 28.6. The van der Waals surface area contributed by atoms with Crippen molar-refractivity contribution in [1.82, 2.24) is 9.55 Å². The van der Waals surface area contributed by atoms with Gasteiger partial charge in [0, 0.05) is 4.90 Å². The third-order valence-electron chi connectivity index (χ3n) is 4.50. The zero-order valence-corrected chi connectivity index (χ0v) is 18.0. The lowest BCUT2D eigenvalue weighted by atomic mass is 10.1. The molecule has 1 N–H and O–H groups in total. The number of aryl methyl sites for hydroxylation is 2. The third kappa shape index (κ3) is 5.28. The number of ether oxygens (including phenoxy) is 1. The van der Waals surface area contributed by atoms with Gasteiger partial charge in [0.15, 0.2) is 0 Å². The third-order valence-corrected chi connectivity index (χ3v) is 5.61. The molecule has 1 aromatic heterocycles. The van der Waals surface area contributed by atoms with Gasteiger partial charge in [-0.3, -0.25) is 14.3 Å². The molecule has 5 nitrogen and oxygen atoms in total. The topological polar surface area (TPSA) is 64.1 Å². The standard InChI is InChI=1S/C23H26N2O3S/c1-15(2)20-21(26)24-23(27)25(14-28-13-18-8-6-5-7-9-18)22(20)29-19-11-16(3)10-17(4)12-19/h5-12,15H,13-14H2,1-4H3,(H,24,26,27). The minimum Gasteiger partial charge on any atom is -0.356 e. The zero-order chi connectivity index (χ0) is 21.0. The summed E-state index contributed by atoms with van der Waals surface area (Å²) in [5.41, 5.74) is 3.10. The van der Waals surface area contributed by atoms with E-state index in [9.17, 15) is 9.59 Å². The summed E-state index contributed by atoms with van der Waals surface area (Å²) in [5.74, 6) is -0.0341. The van der Waals surface area contributed by atoms with Crippen molar-refractivity contribution in [1.29, 1.82) is 0 Å². The fourth-order valence-corrected chi connectivity index (χ4v) is 4.63. The fraction of sp³-hybridized carbons (Fsp3) is 0.304. The first kappa shape index (κ1) is 21.1. The van der Waals surface area contributed by atoms with Gasteiger partial charge in [-0.05, 0) is 48.6 Å². The van der Waals surface area contributed by atoms with Crippen LogP contribution in [0.5, 0.6) is 0 Å². The van der Waals surface area contributed by atoms with Crippen molar-refractivity contribution < 1.29 is 4.74 Å². The molecule has 6 heteroatoms. The van der Waals surface area contributed by atoms with E-state index in [-0.39, 0.29) is 18.2 Å². The van der Waals surface area contributed by atoms with E-state index < -0.39 is 5.69 Å². The molecule has 3 aromatic rings. The fourth-order valence-electron chi connectivity index (χ4n) is 3.24. The monoisotopic (exact) mass is 410 g/mol. The number of nitrogens with one attached hydrogen (secondary N) is 1. The van der Waals surface area contributed by atoms with Crippen molar-refractivity contribution in [3.05, 3.63) is 91.6 Å². The summed E-state index contributed by atoms with van der Waals surface area (Å²) in [5, 5.41) is 0.631. The van der Waals surface area contributed by atoms with Crippen molar-refractivity contribution >= 4 is 11.8 Å². The van der Waals surface area contributed by atoms with Crippen LogP contribution in [0.2, 0.25) is 0 Å². The second kappa shape index (κ2) is 9.29. The number of H-pyrrole nitrogens is 1. The van der Waals surface area contributed by atoms with E-state index in [1.54, 1.807) is 0 Å². The highest BCUT2D eigenvalue weighted by molar-refractivity contribution is 7.99. The van der Waals surface area contributed by atoms with Crippen LogP contribution in [0.25, 0.3) is 0 Å². The predicted molar refractivity (Wildman–Crippen MR) is 117 cm³/mol. The summed E-state index contributed by atoms with van der Waals surface area (Å²) in [6.07, 6.45) is 0. The first-order chi connectivity index (χ1) is 13.8. The number of rotatable bonds is 7. The number of nitrogens with zero attached hydrogens (tertiary/aromatic N) is 1. The van der Waals surface area contributed by atoms with Gasteiger partial charge < -0.3 is 4.74 Å². The van der Waals surface area contributed by atoms with Crippen LogP contribution in [0, 0.1) is 13.8 Å². The first-order valence-corrected chi connectivity index (χ1v) is 10.4. The molecule has 0 aliphatic heterocycles. The van der Waals surface area contributed by atoms with Gasteiger partial charge in [-0.2, -0.15) is 0 Å². The van der Waals surface area contributed by atoms with Gasteiger partial charge in [0.05, 0.1) is 17.2 Å². The highest BCUT2D eigenvalue weighted by atomic mass is 32.2. The lowest BCUT2D eigenvalue weighted by molar-refractivity contribution is 0.0549. The van der Waals surface area contributed by atoms with Gasteiger partial charge in [0.1, 0.15) is 6.73 Å². The molecule has 3 rings (SSSR count). The molecule has 0 aliphatic carbocycles. The number of hydrogen-bond donors (Lipinski definition) is 1. The molecule has 29 heavy (non-hydrogen) atoms. The van der Waals surface area contributed by atoms with Gasteiger partial charge in [0.2, 0.25) is 0 Å². The van der Waals surface area contributed by atoms with Crippen LogP contribution in [0.15, 0.2) is 68.0 Å². The molecule has 0 saturated carbocycles. The van der Waals surface area contributed by atoms with E-state index in [1.807, 2.05) is 58.0 Å². The Balaban J connectivity index is 1.98. The van der Waals surface area contributed by atoms with Gasteiger partial charge in [0.25, 0.3) is 5.56 Å². The van der Waals surface area contributed by atoms with E-state index >= 15 is 0 Å². The maximum absolute atomic E-state index is 12.6. The Kier molecular flexibility index (Phi) is 6.77. The Hall–Kier alpha value is -2.57. The van der Waals surface area contributed by atoms with E-state index in [0.29, 0.717) is 17.2 Å².